The first kappa shape index (κ1) is 17.7. The Labute approximate surface area is 151 Å². The Morgan fingerprint density at radius 3 is 2.69 bits per heavy atom. The second kappa shape index (κ2) is 8.29. The van der Waals surface area contributed by atoms with Crippen LogP contribution in [0.15, 0.2) is 60.7 Å². The summed E-state index contributed by atoms with van der Waals surface area (Å²) in [5.74, 6) is -0.104. The predicted octanol–water partition coefficient (Wildman–Crippen LogP) is 3.38. The van der Waals surface area contributed by atoms with E-state index in [1.54, 1.807) is 16.8 Å². The molecule has 0 aliphatic carbocycles. The molecule has 0 aliphatic heterocycles. The molecular formula is C20H20FN3O2. The lowest BCUT2D eigenvalue weighted by molar-refractivity contribution is 0.0945. The maximum atomic E-state index is 13.2. The van der Waals surface area contributed by atoms with Gasteiger partial charge in [-0.2, -0.15) is 0 Å². The molecule has 1 aromatic heterocycles. The Morgan fingerprint density at radius 1 is 1.15 bits per heavy atom. The highest BCUT2D eigenvalue weighted by Crippen LogP contribution is 2.17. The molecule has 0 atom stereocenters. The molecular weight excluding hydrogens is 333 g/mol. The predicted molar refractivity (Wildman–Crippen MR) is 97.2 cm³/mol. The number of nitrogens with one attached hydrogen (secondary N) is 1. The maximum absolute atomic E-state index is 13.2. The third kappa shape index (κ3) is 4.27. The van der Waals surface area contributed by atoms with Gasteiger partial charge in [0.2, 0.25) is 5.88 Å². The van der Waals surface area contributed by atoms with Crippen LogP contribution in [0.25, 0.3) is 5.69 Å². The summed E-state index contributed by atoms with van der Waals surface area (Å²) in [4.78, 5) is 12.5. The number of aromatic nitrogens is 2. The Morgan fingerprint density at radius 2 is 1.96 bits per heavy atom. The van der Waals surface area contributed by atoms with Gasteiger partial charge in [-0.15, -0.1) is 5.10 Å². The third-order valence-corrected chi connectivity index (χ3v) is 3.95. The quantitative estimate of drug-likeness (QED) is 0.663. The summed E-state index contributed by atoms with van der Waals surface area (Å²) >= 11 is 0. The van der Waals surface area contributed by atoms with Crippen molar-refractivity contribution in [2.45, 2.75) is 12.8 Å². The molecule has 0 bridgehead atoms. The van der Waals surface area contributed by atoms with Crippen molar-refractivity contribution in [1.82, 2.24) is 15.1 Å². The van der Waals surface area contributed by atoms with Crippen molar-refractivity contribution in [3.05, 3.63) is 77.7 Å². The largest absolute Gasteiger partial charge is 0.480 e. The number of methoxy groups -OCH3 is 1. The van der Waals surface area contributed by atoms with Gasteiger partial charge in [-0.05, 0) is 42.7 Å². The molecule has 0 fully saturated rings. The molecule has 6 heteroatoms. The van der Waals surface area contributed by atoms with E-state index in [2.05, 4.69) is 10.4 Å². The van der Waals surface area contributed by atoms with Gasteiger partial charge in [-0.25, -0.2) is 9.07 Å². The molecule has 26 heavy (non-hydrogen) atoms. The minimum atomic E-state index is -0.245. The van der Waals surface area contributed by atoms with Gasteiger partial charge in [-0.3, -0.25) is 4.79 Å². The normalized spacial score (nSPS) is 10.5. The van der Waals surface area contributed by atoms with E-state index >= 15 is 0 Å². The first-order valence-corrected chi connectivity index (χ1v) is 8.39. The van der Waals surface area contributed by atoms with Gasteiger partial charge in [0.15, 0.2) is 0 Å². The van der Waals surface area contributed by atoms with Crippen molar-refractivity contribution >= 4 is 5.91 Å². The number of amides is 1. The van der Waals surface area contributed by atoms with Crippen LogP contribution in [0.3, 0.4) is 0 Å². The van der Waals surface area contributed by atoms with Crippen LogP contribution in [0, 0.1) is 5.82 Å². The lowest BCUT2D eigenvalue weighted by Crippen LogP contribution is -2.27. The number of ether oxygens (including phenoxy) is 1. The topological polar surface area (TPSA) is 56.1 Å². The fourth-order valence-corrected chi connectivity index (χ4v) is 2.66. The molecule has 0 unspecified atom stereocenters. The van der Waals surface area contributed by atoms with Gasteiger partial charge in [-0.1, -0.05) is 30.3 Å². The average molecular weight is 353 g/mol. The van der Waals surface area contributed by atoms with E-state index in [9.17, 15) is 9.18 Å². The molecule has 0 saturated carbocycles. The molecule has 0 saturated heterocycles. The number of hydrogen-bond donors (Lipinski definition) is 1. The lowest BCUT2D eigenvalue weighted by Gasteiger charge is -2.08. The number of nitrogens with zero attached hydrogens (tertiary/aromatic N) is 2. The van der Waals surface area contributed by atoms with E-state index in [-0.39, 0.29) is 11.7 Å². The summed E-state index contributed by atoms with van der Waals surface area (Å²) in [6.45, 7) is 0.484. The monoisotopic (exact) mass is 353 g/mol. The number of rotatable bonds is 7. The van der Waals surface area contributed by atoms with Crippen molar-refractivity contribution in [3.8, 4) is 11.6 Å². The molecule has 1 N–H and O–H groups in total. The fraction of sp³-hybridized carbons (Fsp3) is 0.200. The van der Waals surface area contributed by atoms with Crippen LogP contribution in [-0.2, 0) is 6.42 Å². The molecule has 0 radical (unpaired) electrons. The zero-order chi connectivity index (χ0) is 18.4. The van der Waals surface area contributed by atoms with Crippen LogP contribution in [0.2, 0.25) is 0 Å². The fourth-order valence-electron chi connectivity index (χ4n) is 2.66. The number of para-hydroxylation sites is 1. The average Bonchev–Trinajstić information content (AvgIpc) is 3.10. The van der Waals surface area contributed by atoms with Crippen molar-refractivity contribution < 1.29 is 13.9 Å². The van der Waals surface area contributed by atoms with Gasteiger partial charge in [0.25, 0.3) is 5.91 Å². The van der Waals surface area contributed by atoms with Gasteiger partial charge in [0.1, 0.15) is 11.5 Å². The molecule has 0 aliphatic rings. The van der Waals surface area contributed by atoms with Crippen LogP contribution in [0.4, 0.5) is 4.39 Å². The number of hydrogen-bond acceptors (Lipinski definition) is 3. The van der Waals surface area contributed by atoms with E-state index in [0.29, 0.717) is 31.0 Å². The van der Waals surface area contributed by atoms with Crippen molar-refractivity contribution in [2.75, 3.05) is 13.7 Å². The summed E-state index contributed by atoms with van der Waals surface area (Å²) in [5.41, 5.74) is 2.09. The summed E-state index contributed by atoms with van der Waals surface area (Å²) < 4.78 is 19.9. The van der Waals surface area contributed by atoms with Crippen LogP contribution >= 0.6 is 0 Å². The highest BCUT2D eigenvalue weighted by Gasteiger charge is 2.16. The Kier molecular flexibility index (Phi) is 5.63. The second-order valence-corrected chi connectivity index (χ2v) is 5.81. The SMILES string of the molecule is COc1cc(C(=O)NCCCc2cccc(F)c2)n(-c2ccccc2)n1. The van der Waals surface area contributed by atoms with Crippen LogP contribution < -0.4 is 10.1 Å². The van der Waals surface area contributed by atoms with Gasteiger partial charge >= 0.3 is 0 Å². The summed E-state index contributed by atoms with van der Waals surface area (Å²) in [6.07, 6.45) is 1.41. The van der Waals surface area contributed by atoms with Crippen molar-refractivity contribution in [1.29, 1.82) is 0 Å². The third-order valence-electron chi connectivity index (χ3n) is 3.95. The van der Waals surface area contributed by atoms with Gasteiger partial charge in [0.05, 0.1) is 12.8 Å². The van der Waals surface area contributed by atoms with E-state index in [4.69, 9.17) is 4.74 Å². The van der Waals surface area contributed by atoms with Crippen molar-refractivity contribution in [2.24, 2.45) is 0 Å². The number of aryl methyl sites for hydroxylation is 1. The Hall–Kier alpha value is -3.15. The maximum Gasteiger partial charge on any atom is 0.270 e. The Bertz CT molecular complexity index is 878. The summed E-state index contributed by atoms with van der Waals surface area (Å²) in [7, 11) is 1.51. The highest BCUT2D eigenvalue weighted by atomic mass is 19.1. The first-order chi connectivity index (χ1) is 12.7. The number of benzene rings is 2. The van der Waals surface area contributed by atoms with Gasteiger partial charge < -0.3 is 10.1 Å². The first-order valence-electron chi connectivity index (χ1n) is 8.39. The summed E-state index contributed by atoms with van der Waals surface area (Å²) in [6, 6.07) is 17.5. The molecule has 1 amide bonds. The highest BCUT2D eigenvalue weighted by molar-refractivity contribution is 5.93. The second-order valence-electron chi connectivity index (χ2n) is 5.81. The van der Waals surface area contributed by atoms with Crippen molar-refractivity contribution in [3.63, 3.8) is 0 Å². The van der Waals surface area contributed by atoms with E-state index in [1.807, 2.05) is 36.4 Å². The van der Waals surface area contributed by atoms with E-state index in [0.717, 1.165) is 11.3 Å². The number of carbonyl (C=O) groups is 1. The standard InChI is InChI=1S/C20H20FN3O2/c1-26-19-14-18(24(23-19)17-10-3-2-4-11-17)20(25)22-12-6-8-15-7-5-9-16(21)13-15/h2-5,7,9-11,13-14H,6,8,12H2,1H3,(H,22,25). The molecule has 3 rings (SSSR count). The smallest absolute Gasteiger partial charge is 0.270 e. The zero-order valence-electron chi connectivity index (χ0n) is 14.5. The minimum absolute atomic E-state index is 0.233. The van der Waals surface area contributed by atoms with Gasteiger partial charge in [0, 0.05) is 12.6 Å². The van der Waals surface area contributed by atoms with Crippen LogP contribution in [0.5, 0.6) is 5.88 Å². The molecule has 3 aromatic rings. The van der Waals surface area contributed by atoms with Crippen LogP contribution in [-0.4, -0.2) is 29.3 Å². The lowest BCUT2D eigenvalue weighted by atomic mass is 10.1. The number of halogens is 1. The van der Waals surface area contributed by atoms with E-state index < -0.39 is 0 Å². The molecule has 134 valence electrons. The molecule has 2 aromatic carbocycles. The van der Waals surface area contributed by atoms with Crippen LogP contribution in [0.1, 0.15) is 22.5 Å². The summed E-state index contributed by atoms with van der Waals surface area (Å²) in [5, 5.41) is 7.18. The molecule has 5 nitrogen and oxygen atoms in total. The minimum Gasteiger partial charge on any atom is -0.480 e. The molecule has 0 spiro atoms. The Balaban J connectivity index is 1.63. The zero-order valence-corrected chi connectivity index (χ0v) is 14.5. The van der Waals surface area contributed by atoms with E-state index in [1.165, 1.54) is 19.2 Å². The molecule has 1 heterocycles. The number of carbonyl (C=O) groups excluding carboxylic acids is 1.